The van der Waals surface area contributed by atoms with Crippen molar-refractivity contribution < 1.29 is 9.21 Å². The van der Waals surface area contributed by atoms with E-state index in [0.29, 0.717) is 11.3 Å². The summed E-state index contributed by atoms with van der Waals surface area (Å²) in [6.07, 6.45) is 1.72. The Labute approximate surface area is 156 Å². The van der Waals surface area contributed by atoms with E-state index in [1.807, 2.05) is 13.0 Å². The number of fused-ring (bicyclic) bond motifs is 1. The topological polar surface area (TPSA) is 112 Å². The molecule has 0 aliphatic heterocycles. The molecule has 8 heteroatoms. The number of carbonyl (C=O) groups is 1. The summed E-state index contributed by atoms with van der Waals surface area (Å²) in [5.41, 5.74) is 8.03. The molecule has 0 saturated heterocycles. The molecule has 1 aliphatic rings. The number of nitrogen functional groups attached to an aromatic ring is 1. The molecular formula is C19H22N6O2. The highest BCUT2D eigenvalue weighted by Gasteiger charge is 2.35. The summed E-state index contributed by atoms with van der Waals surface area (Å²) >= 11 is 0. The Balaban J connectivity index is 1.60. The van der Waals surface area contributed by atoms with Crippen molar-refractivity contribution in [3.63, 3.8) is 0 Å². The number of anilines is 1. The Hall–Kier alpha value is -3.16. The number of amides is 1. The van der Waals surface area contributed by atoms with E-state index in [0.717, 1.165) is 29.9 Å². The van der Waals surface area contributed by atoms with Crippen LogP contribution in [0.1, 0.15) is 53.8 Å². The fourth-order valence-corrected chi connectivity index (χ4v) is 3.71. The van der Waals surface area contributed by atoms with E-state index < -0.39 is 0 Å². The average molecular weight is 366 g/mol. The van der Waals surface area contributed by atoms with Gasteiger partial charge in [0, 0.05) is 17.5 Å². The first-order chi connectivity index (χ1) is 12.8. The van der Waals surface area contributed by atoms with Gasteiger partial charge in [-0.2, -0.15) is 4.68 Å². The standard InChI is InChI=1S/C19H22N6O2/c1-11-7-14-15(9-19(2,3)10-16(14)27-11)21-17(26)12-5-4-6-13(8-12)25-18(20)22-23-24-25/h4-8,15H,9-10H2,1-3H3,(H,21,26)(H2,20,22,24). The van der Waals surface area contributed by atoms with Crippen molar-refractivity contribution in [2.24, 2.45) is 5.41 Å². The molecule has 3 N–H and O–H groups in total. The van der Waals surface area contributed by atoms with E-state index in [9.17, 15) is 4.79 Å². The van der Waals surface area contributed by atoms with Gasteiger partial charge in [0.05, 0.1) is 11.7 Å². The number of carbonyl (C=O) groups excluding carboxylic acids is 1. The van der Waals surface area contributed by atoms with Crippen molar-refractivity contribution in [2.75, 3.05) is 5.73 Å². The van der Waals surface area contributed by atoms with Crippen molar-refractivity contribution in [2.45, 2.75) is 39.7 Å². The molecule has 2 aromatic heterocycles. The normalized spacial score (nSPS) is 18.1. The number of hydrogen-bond donors (Lipinski definition) is 2. The third-order valence-corrected chi connectivity index (χ3v) is 4.89. The lowest BCUT2D eigenvalue weighted by Gasteiger charge is -2.34. The van der Waals surface area contributed by atoms with Gasteiger partial charge in [-0.25, -0.2) is 0 Å². The number of nitrogens with one attached hydrogen (secondary N) is 1. The second-order valence-electron chi connectivity index (χ2n) is 7.81. The Kier molecular flexibility index (Phi) is 3.98. The van der Waals surface area contributed by atoms with Crippen molar-refractivity contribution in [1.82, 2.24) is 25.5 Å². The number of nitrogens with two attached hydrogens (primary N) is 1. The molecule has 1 unspecified atom stereocenters. The number of tetrazole rings is 1. The maximum atomic E-state index is 12.9. The molecule has 3 aromatic rings. The van der Waals surface area contributed by atoms with Crippen LogP contribution < -0.4 is 11.1 Å². The minimum Gasteiger partial charge on any atom is -0.466 e. The molecule has 0 radical (unpaired) electrons. The SMILES string of the molecule is Cc1cc2c(o1)CC(C)(C)CC2NC(=O)c1cccc(-n2nnnc2N)c1. The van der Waals surface area contributed by atoms with E-state index in [-0.39, 0.29) is 23.3 Å². The van der Waals surface area contributed by atoms with Crippen LogP contribution in [0.2, 0.25) is 0 Å². The number of nitrogens with zero attached hydrogens (tertiary/aromatic N) is 4. The Morgan fingerprint density at radius 3 is 2.93 bits per heavy atom. The summed E-state index contributed by atoms with van der Waals surface area (Å²) in [7, 11) is 0. The number of hydrogen-bond acceptors (Lipinski definition) is 6. The van der Waals surface area contributed by atoms with Gasteiger partial charge in [-0.1, -0.05) is 25.0 Å². The molecule has 2 heterocycles. The van der Waals surface area contributed by atoms with Gasteiger partial charge in [0.25, 0.3) is 5.91 Å². The lowest BCUT2D eigenvalue weighted by Crippen LogP contribution is -2.36. The molecule has 1 aromatic carbocycles. The van der Waals surface area contributed by atoms with Crippen LogP contribution in [0.3, 0.4) is 0 Å². The van der Waals surface area contributed by atoms with Crippen LogP contribution in [-0.4, -0.2) is 26.1 Å². The highest BCUT2D eigenvalue weighted by atomic mass is 16.3. The zero-order valence-corrected chi connectivity index (χ0v) is 15.6. The first-order valence-corrected chi connectivity index (χ1v) is 8.87. The van der Waals surface area contributed by atoms with E-state index in [1.165, 1.54) is 4.68 Å². The minimum atomic E-state index is -0.156. The maximum absolute atomic E-state index is 12.9. The predicted molar refractivity (Wildman–Crippen MR) is 99.3 cm³/mol. The quantitative estimate of drug-likeness (QED) is 0.737. The molecule has 4 rings (SSSR count). The molecular weight excluding hydrogens is 344 g/mol. The molecule has 1 aliphatic carbocycles. The van der Waals surface area contributed by atoms with Gasteiger partial charge in [0.1, 0.15) is 11.5 Å². The first kappa shape index (κ1) is 17.3. The van der Waals surface area contributed by atoms with Crippen LogP contribution in [0.25, 0.3) is 5.69 Å². The molecule has 1 amide bonds. The molecule has 1 atom stereocenters. The van der Waals surface area contributed by atoms with E-state index in [4.69, 9.17) is 10.2 Å². The predicted octanol–water partition coefficient (Wildman–Crippen LogP) is 2.59. The van der Waals surface area contributed by atoms with Gasteiger partial charge in [0.15, 0.2) is 0 Å². The monoisotopic (exact) mass is 366 g/mol. The third kappa shape index (κ3) is 3.30. The summed E-state index contributed by atoms with van der Waals surface area (Å²) in [6.45, 7) is 6.31. The van der Waals surface area contributed by atoms with E-state index >= 15 is 0 Å². The second-order valence-corrected chi connectivity index (χ2v) is 7.81. The summed E-state index contributed by atoms with van der Waals surface area (Å²) in [6, 6.07) is 8.99. The second kappa shape index (κ2) is 6.22. The highest BCUT2D eigenvalue weighted by Crippen LogP contribution is 2.42. The largest absolute Gasteiger partial charge is 0.466 e. The first-order valence-electron chi connectivity index (χ1n) is 8.87. The minimum absolute atomic E-state index is 0.0535. The maximum Gasteiger partial charge on any atom is 0.251 e. The van der Waals surface area contributed by atoms with Crippen molar-refractivity contribution in [3.8, 4) is 5.69 Å². The number of rotatable bonds is 3. The third-order valence-electron chi connectivity index (χ3n) is 4.89. The van der Waals surface area contributed by atoms with Gasteiger partial charge in [-0.05, 0) is 53.5 Å². The van der Waals surface area contributed by atoms with Crippen molar-refractivity contribution in [3.05, 3.63) is 53.0 Å². The van der Waals surface area contributed by atoms with Crippen molar-refractivity contribution in [1.29, 1.82) is 0 Å². The molecule has 8 nitrogen and oxygen atoms in total. The lowest BCUT2D eigenvalue weighted by molar-refractivity contribution is 0.0917. The summed E-state index contributed by atoms with van der Waals surface area (Å²) in [5, 5.41) is 14.2. The van der Waals surface area contributed by atoms with Crippen LogP contribution in [0, 0.1) is 12.3 Å². The number of furan rings is 1. The summed E-state index contributed by atoms with van der Waals surface area (Å²) in [4.78, 5) is 12.9. The molecule has 0 bridgehead atoms. The van der Waals surface area contributed by atoms with Crippen molar-refractivity contribution >= 4 is 11.9 Å². The summed E-state index contributed by atoms with van der Waals surface area (Å²) in [5.74, 6) is 1.84. The Morgan fingerprint density at radius 2 is 2.19 bits per heavy atom. The van der Waals surface area contributed by atoms with Gasteiger partial charge >= 0.3 is 0 Å². The van der Waals surface area contributed by atoms with Gasteiger partial charge in [0.2, 0.25) is 5.95 Å². The Bertz CT molecular complexity index is 1000. The molecule has 0 spiro atoms. The Morgan fingerprint density at radius 1 is 1.37 bits per heavy atom. The molecule has 0 fully saturated rings. The number of benzene rings is 1. The number of aromatic nitrogens is 4. The average Bonchev–Trinajstić information content (AvgIpc) is 3.19. The fourth-order valence-electron chi connectivity index (χ4n) is 3.71. The van der Waals surface area contributed by atoms with Gasteiger partial charge < -0.3 is 15.5 Å². The number of aryl methyl sites for hydroxylation is 1. The van der Waals surface area contributed by atoms with Gasteiger partial charge in [-0.15, -0.1) is 0 Å². The summed E-state index contributed by atoms with van der Waals surface area (Å²) < 4.78 is 7.24. The zero-order chi connectivity index (χ0) is 19.2. The zero-order valence-electron chi connectivity index (χ0n) is 15.6. The smallest absolute Gasteiger partial charge is 0.251 e. The van der Waals surface area contributed by atoms with E-state index in [1.54, 1.807) is 24.3 Å². The van der Waals surface area contributed by atoms with Crippen LogP contribution in [0.15, 0.2) is 34.7 Å². The van der Waals surface area contributed by atoms with Crippen LogP contribution >= 0.6 is 0 Å². The van der Waals surface area contributed by atoms with Crippen LogP contribution in [-0.2, 0) is 6.42 Å². The van der Waals surface area contributed by atoms with E-state index in [2.05, 4.69) is 34.7 Å². The molecule has 0 saturated carbocycles. The molecule has 140 valence electrons. The molecule has 27 heavy (non-hydrogen) atoms. The van der Waals surface area contributed by atoms with Gasteiger partial charge in [-0.3, -0.25) is 4.79 Å². The lowest BCUT2D eigenvalue weighted by atomic mass is 9.74. The fraction of sp³-hybridized carbons (Fsp3) is 0.368. The van der Waals surface area contributed by atoms with Crippen LogP contribution in [0.5, 0.6) is 0 Å². The van der Waals surface area contributed by atoms with Crippen LogP contribution in [0.4, 0.5) is 5.95 Å². The highest BCUT2D eigenvalue weighted by molar-refractivity contribution is 5.95.